The van der Waals surface area contributed by atoms with Gasteiger partial charge in [-0.25, -0.2) is 0 Å². The Morgan fingerprint density at radius 2 is 1.75 bits per heavy atom. The molecule has 0 unspecified atom stereocenters. The van der Waals surface area contributed by atoms with E-state index in [1.54, 1.807) is 30.4 Å². The Morgan fingerprint density at radius 1 is 1.22 bits per heavy atom. The highest BCUT2D eigenvalue weighted by Gasteiger charge is 2.34. The average Bonchev–Trinajstić information content (AvgIpc) is 3.21. The zero-order chi connectivity index (χ0) is 25.1. The Kier molecular flexibility index (Phi) is 12.1. The number of nitrogens with one attached hydrogen (secondary N) is 3. The lowest BCUT2D eigenvalue weighted by Crippen LogP contribution is -2.22. The number of hydrogen-bond acceptors (Lipinski definition) is 4. The van der Waals surface area contributed by atoms with Crippen molar-refractivity contribution in [3.05, 3.63) is 69.6 Å². The van der Waals surface area contributed by atoms with E-state index in [0.29, 0.717) is 16.1 Å². The minimum absolute atomic E-state index is 0.171. The highest BCUT2D eigenvalue weighted by atomic mass is 79.9. The smallest absolute Gasteiger partial charge is 0.405 e. The molecule has 0 aliphatic carbocycles. The summed E-state index contributed by atoms with van der Waals surface area (Å²) in [5.41, 5.74) is 5.52. The van der Waals surface area contributed by atoms with Crippen molar-refractivity contribution in [3.63, 3.8) is 0 Å². The summed E-state index contributed by atoms with van der Waals surface area (Å²) in [5, 5.41) is 9.98. The zero-order valence-electron chi connectivity index (χ0n) is 18.4. The monoisotopic (exact) mass is 517 g/mol. The number of allylic oxidation sites excluding steroid dienone is 2. The van der Waals surface area contributed by atoms with E-state index in [9.17, 15) is 22.8 Å². The molecule has 2 rings (SSSR count). The SMILES string of the molecule is C=CC.CC(C)=CN.CNC(=O)c1cc(Br)cc(C)c1NC(=O)c1cc(C(F)(F)F)[nH]n1. The molecule has 176 valence electrons. The second kappa shape index (κ2) is 13.4. The molecule has 0 aliphatic heterocycles. The van der Waals surface area contributed by atoms with E-state index in [4.69, 9.17) is 5.73 Å². The number of nitrogens with two attached hydrogens (primary N) is 1. The average molecular weight is 518 g/mol. The van der Waals surface area contributed by atoms with E-state index in [1.807, 2.05) is 20.8 Å². The molecule has 0 aliphatic rings. The molecule has 7 nitrogen and oxygen atoms in total. The van der Waals surface area contributed by atoms with E-state index < -0.39 is 29.4 Å². The summed E-state index contributed by atoms with van der Waals surface area (Å²) < 4.78 is 38.3. The number of amides is 2. The van der Waals surface area contributed by atoms with Crippen molar-refractivity contribution in [3.8, 4) is 0 Å². The van der Waals surface area contributed by atoms with E-state index >= 15 is 0 Å². The van der Waals surface area contributed by atoms with Crippen LogP contribution < -0.4 is 16.4 Å². The minimum atomic E-state index is -4.63. The van der Waals surface area contributed by atoms with Crippen LogP contribution in [0.4, 0.5) is 18.9 Å². The van der Waals surface area contributed by atoms with Crippen LogP contribution in [0.15, 0.2) is 47.1 Å². The van der Waals surface area contributed by atoms with E-state index in [1.165, 1.54) is 13.1 Å². The van der Waals surface area contributed by atoms with Gasteiger partial charge < -0.3 is 16.4 Å². The van der Waals surface area contributed by atoms with Crippen molar-refractivity contribution >= 4 is 33.4 Å². The predicted molar refractivity (Wildman–Crippen MR) is 123 cm³/mol. The van der Waals surface area contributed by atoms with Gasteiger partial charge in [0.1, 0.15) is 5.69 Å². The molecule has 0 saturated carbocycles. The molecule has 0 atom stereocenters. The molecular formula is C21H27BrF3N5O2. The van der Waals surface area contributed by atoms with Gasteiger partial charge in [0.15, 0.2) is 5.69 Å². The number of alkyl halides is 3. The number of carbonyl (C=O) groups is 2. The van der Waals surface area contributed by atoms with Gasteiger partial charge in [-0.2, -0.15) is 18.3 Å². The van der Waals surface area contributed by atoms with Crippen molar-refractivity contribution in [2.45, 2.75) is 33.9 Å². The highest BCUT2D eigenvalue weighted by Crippen LogP contribution is 2.29. The maximum Gasteiger partial charge on any atom is 0.432 e. The lowest BCUT2D eigenvalue weighted by atomic mass is 10.1. The minimum Gasteiger partial charge on any atom is -0.405 e. The number of aryl methyl sites for hydroxylation is 1. The summed E-state index contributed by atoms with van der Waals surface area (Å²) >= 11 is 3.25. The topological polar surface area (TPSA) is 113 Å². The van der Waals surface area contributed by atoms with Crippen LogP contribution in [0, 0.1) is 6.92 Å². The fourth-order valence-corrected chi connectivity index (χ4v) is 2.56. The third-order valence-electron chi connectivity index (χ3n) is 3.46. The summed E-state index contributed by atoms with van der Waals surface area (Å²) in [6, 6.07) is 3.75. The van der Waals surface area contributed by atoms with Gasteiger partial charge in [-0.1, -0.05) is 27.6 Å². The Labute approximate surface area is 193 Å². The molecule has 0 fully saturated rings. The summed E-state index contributed by atoms with van der Waals surface area (Å²) in [6.07, 6.45) is -1.30. The van der Waals surface area contributed by atoms with Crippen molar-refractivity contribution in [1.29, 1.82) is 0 Å². The first-order chi connectivity index (χ1) is 14.8. The van der Waals surface area contributed by atoms with Crippen LogP contribution in [0.5, 0.6) is 0 Å². The standard InChI is InChI=1S/C14H12BrF3N4O2.C4H9N.C3H6/c1-6-3-7(15)4-8(12(23)19-2)11(6)20-13(24)9-5-10(22-21-9)14(16,17)18;1-4(2)3-5;1-3-2/h3-5H,1-2H3,(H,19,23)(H,20,24)(H,21,22);3H,5H2,1-2H3;3H,1H2,2H3. The second-order valence-electron chi connectivity index (χ2n) is 6.50. The molecule has 1 heterocycles. The van der Waals surface area contributed by atoms with Gasteiger partial charge in [-0.15, -0.1) is 6.58 Å². The van der Waals surface area contributed by atoms with Crippen LogP contribution >= 0.6 is 15.9 Å². The van der Waals surface area contributed by atoms with Crippen LogP contribution in [0.1, 0.15) is 52.9 Å². The Hall–Kier alpha value is -3.08. The number of nitrogens with zero attached hydrogens (tertiary/aromatic N) is 1. The maximum absolute atomic E-state index is 12.6. The van der Waals surface area contributed by atoms with Crippen molar-refractivity contribution in [2.75, 3.05) is 12.4 Å². The van der Waals surface area contributed by atoms with Crippen LogP contribution in [0.25, 0.3) is 0 Å². The van der Waals surface area contributed by atoms with Crippen LogP contribution in [-0.4, -0.2) is 29.1 Å². The molecule has 32 heavy (non-hydrogen) atoms. The first kappa shape index (κ1) is 28.9. The maximum atomic E-state index is 12.6. The first-order valence-electron chi connectivity index (χ1n) is 9.20. The van der Waals surface area contributed by atoms with E-state index in [2.05, 4.69) is 38.2 Å². The lowest BCUT2D eigenvalue weighted by Gasteiger charge is -2.13. The number of rotatable bonds is 3. The molecule has 1 aromatic heterocycles. The van der Waals surface area contributed by atoms with Gasteiger partial charge >= 0.3 is 6.18 Å². The number of carbonyl (C=O) groups excluding carboxylic acids is 2. The number of anilines is 1. The van der Waals surface area contributed by atoms with Crippen molar-refractivity contribution in [1.82, 2.24) is 15.5 Å². The van der Waals surface area contributed by atoms with Crippen molar-refractivity contribution in [2.24, 2.45) is 5.73 Å². The molecule has 1 aromatic carbocycles. The summed E-state index contributed by atoms with van der Waals surface area (Å²) in [7, 11) is 1.42. The van der Waals surface area contributed by atoms with Gasteiger partial charge in [0.2, 0.25) is 0 Å². The summed E-state index contributed by atoms with van der Waals surface area (Å²) in [6.45, 7) is 10.8. The third kappa shape index (κ3) is 9.38. The van der Waals surface area contributed by atoms with Crippen LogP contribution in [0.2, 0.25) is 0 Å². The predicted octanol–water partition coefficient (Wildman–Crippen LogP) is 5.17. The van der Waals surface area contributed by atoms with Crippen LogP contribution in [0.3, 0.4) is 0 Å². The van der Waals surface area contributed by atoms with Gasteiger partial charge in [0, 0.05) is 17.6 Å². The largest absolute Gasteiger partial charge is 0.432 e. The first-order valence-corrected chi connectivity index (χ1v) is 9.99. The van der Waals surface area contributed by atoms with Crippen LogP contribution in [-0.2, 0) is 6.18 Å². The highest BCUT2D eigenvalue weighted by molar-refractivity contribution is 9.10. The molecule has 0 saturated heterocycles. The molecule has 2 aromatic rings. The Balaban J connectivity index is 0.00000104. The van der Waals surface area contributed by atoms with Gasteiger partial charge in [-0.05, 0) is 51.6 Å². The fraction of sp³-hybridized carbons (Fsp3) is 0.286. The molecule has 11 heteroatoms. The summed E-state index contributed by atoms with van der Waals surface area (Å²) in [5.74, 6) is -1.31. The van der Waals surface area contributed by atoms with Gasteiger partial charge in [-0.3, -0.25) is 14.7 Å². The fourth-order valence-electron chi connectivity index (χ4n) is 1.98. The third-order valence-corrected chi connectivity index (χ3v) is 3.92. The number of hydrogen-bond donors (Lipinski definition) is 4. The number of aromatic amines is 1. The summed E-state index contributed by atoms with van der Waals surface area (Å²) in [4.78, 5) is 24.1. The molecule has 5 N–H and O–H groups in total. The zero-order valence-corrected chi connectivity index (χ0v) is 20.0. The van der Waals surface area contributed by atoms with Crippen molar-refractivity contribution < 1.29 is 22.8 Å². The van der Waals surface area contributed by atoms with Gasteiger partial charge in [0.25, 0.3) is 11.8 Å². The normalized spacial score (nSPS) is 9.91. The molecule has 2 amide bonds. The Morgan fingerprint density at radius 3 is 2.16 bits per heavy atom. The number of aromatic nitrogens is 2. The van der Waals surface area contributed by atoms with E-state index in [-0.39, 0.29) is 11.3 Å². The Bertz CT molecular complexity index is 965. The quantitative estimate of drug-likeness (QED) is 0.420. The molecule has 0 bridgehead atoms. The van der Waals surface area contributed by atoms with E-state index in [0.717, 1.165) is 5.57 Å². The molecule has 0 radical (unpaired) electrons. The number of H-pyrrole nitrogens is 1. The number of halogens is 4. The second-order valence-corrected chi connectivity index (χ2v) is 7.41. The lowest BCUT2D eigenvalue weighted by molar-refractivity contribution is -0.141. The molecular weight excluding hydrogens is 491 g/mol. The van der Waals surface area contributed by atoms with Gasteiger partial charge in [0.05, 0.1) is 11.3 Å². The number of benzene rings is 1. The molecule has 0 spiro atoms.